The Hall–Kier alpha value is -2.81. The molecule has 1 aliphatic rings. The van der Waals surface area contributed by atoms with E-state index in [1.54, 1.807) is 29.9 Å². The summed E-state index contributed by atoms with van der Waals surface area (Å²) in [5.74, 6) is -3.34. The van der Waals surface area contributed by atoms with E-state index < -0.39 is 23.1 Å². The van der Waals surface area contributed by atoms with E-state index in [0.29, 0.717) is 35.2 Å². The minimum absolute atomic E-state index is 0.334. The number of hydrogen-bond donors (Lipinski definition) is 2. The van der Waals surface area contributed by atoms with Gasteiger partial charge in [-0.15, -0.1) is 0 Å². The lowest BCUT2D eigenvalue weighted by Gasteiger charge is -2.32. The van der Waals surface area contributed by atoms with E-state index >= 15 is 0 Å². The molecule has 3 heterocycles. The molecule has 2 N–H and O–H groups in total. The molecule has 0 aliphatic carbocycles. The highest BCUT2D eigenvalue weighted by Crippen LogP contribution is 2.39. The van der Waals surface area contributed by atoms with Crippen LogP contribution in [0.15, 0.2) is 40.1 Å². The van der Waals surface area contributed by atoms with E-state index in [1.165, 1.54) is 16.8 Å². The fraction of sp³-hybridized carbons (Fsp3) is 0.353. The van der Waals surface area contributed by atoms with Crippen LogP contribution in [0.4, 0.5) is 8.78 Å². The molecular weight excluding hydrogens is 344 g/mol. The van der Waals surface area contributed by atoms with Crippen LogP contribution in [0.2, 0.25) is 0 Å². The van der Waals surface area contributed by atoms with Crippen molar-refractivity contribution in [2.45, 2.75) is 18.3 Å². The van der Waals surface area contributed by atoms with Crippen LogP contribution in [0.25, 0.3) is 16.7 Å². The van der Waals surface area contributed by atoms with Crippen molar-refractivity contribution >= 4 is 10.9 Å². The number of benzene rings is 1. The second-order valence-electron chi connectivity index (χ2n) is 6.48. The summed E-state index contributed by atoms with van der Waals surface area (Å²) in [6.07, 6.45) is 1.69. The predicted molar refractivity (Wildman–Crippen MR) is 92.1 cm³/mol. The zero-order valence-corrected chi connectivity index (χ0v) is 14.0. The van der Waals surface area contributed by atoms with Crippen LogP contribution in [0, 0.1) is 0 Å². The van der Waals surface area contributed by atoms with Gasteiger partial charge in [-0.2, -0.15) is 5.10 Å². The number of piperidine rings is 1. The van der Waals surface area contributed by atoms with Crippen LogP contribution in [0.5, 0.6) is 0 Å². The number of aromatic nitrogens is 4. The summed E-state index contributed by atoms with van der Waals surface area (Å²) in [7, 11) is 1.69. The van der Waals surface area contributed by atoms with Crippen LogP contribution < -0.4 is 16.6 Å². The average molecular weight is 361 g/mol. The summed E-state index contributed by atoms with van der Waals surface area (Å²) in [6, 6.07) is 6.29. The lowest BCUT2D eigenvalue weighted by molar-refractivity contribution is -0.0419. The normalized spacial score (nSPS) is 19.7. The fourth-order valence-corrected chi connectivity index (χ4v) is 3.48. The highest BCUT2D eigenvalue weighted by Gasteiger charge is 2.42. The van der Waals surface area contributed by atoms with Gasteiger partial charge in [0, 0.05) is 24.7 Å². The fourth-order valence-electron chi connectivity index (χ4n) is 3.48. The van der Waals surface area contributed by atoms with Gasteiger partial charge in [0.2, 0.25) is 0 Å². The third-order valence-electron chi connectivity index (χ3n) is 4.79. The number of rotatable bonds is 2. The molecule has 0 radical (unpaired) electrons. The Kier molecular flexibility index (Phi) is 3.76. The lowest BCUT2D eigenvalue weighted by Crippen LogP contribution is -2.44. The van der Waals surface area contributed by atoms with Crippen molar-refractivity contribution in [1.29, 1.82) is 0 Å². The molecule has 1 saturated heterocycles. The molecule has 9 heteroatoms. The minimum atomic E-state index is -2.82. The molecule has 1 unspecified atom stereocenters. The van der Waals surface area contributed by atoms with Gasteiger partial charge in [-0.25, -0.2) is 13.6 Å². The summed E-state index contributed by atoms with van der Waals surface area (Å²) in [4.78, 5) is 25.5. The van der Waals surface area contributed by atoms with Crippen molar-refractivity contribution in [2.24, 2.45) is 7.05 Å². The van der Waals surface area contributed by atoms with Gasteiger partial charge in [0.05, 0.1) is 18.0 Å². The summed E-state index contributed by atoms with van der Waals surface area (Å²) in [5, 5.41) is 7.70. The van der Waals surface area contributed by atoms with Gasteiger partial charge in [0.1, 0.15) is 0 Å². The molecule has 4 rings (SSSR count). The second kappa shape index (κ2) is 5.87. The molecule has 3 aromatic rings. The molecule has 2 aromatic heterocycles. The smallest absolute Gasteiger partial charge is 0.311 e. The number of nitrogens with zero attached hydrogens (tertiary/aromatic N) is 3. The van der Waals surface area contributed by atoms with Crippen LogP contribution in [-0.4, -0.2) is 38.3 Å². The van der Waals surface area contributed by atoms with E-state index in [4.69, 9.17) is 0 Å². The first kappa shape index (κ1) is 16.6. The standard InChI is InChI=1S/C17H17F2N5O2/c1-23-13-8-10(12-4-6-20-9-17(12,18)19)2-3-11(13)15(22-23)24-7-5-14(25)21-16(24)26/h2-3,5,7-8,12,20H,4,6,9H2,1H3,(H,21,25,26). The number of hydrogen-bond acceptors (Lipinski definition) is 4. The highest BCUT2D eigenvalue weighted by molar-refractivity contribution is 5.87. The Morgan fingerprint density at radius 2 is 2.08 bits per heavy atom. The molecule has 1 aromatic carbocycles. The van der Waals surface area contributed by atoms with Crippen molar-refractivity contribution in [3.63, 3.8) is 0 Å². The van der Waals surface area contributed by atoms with E-state index in [2.05, 4.69) is 15.4 Å². The molecule has 0 bridgehead atoms. The summed E-state index contributed by atoms with van der Waals surface area (Å²) >= 11 is 0. The van der Waals surface area contributed by atoms with Crippen LogP contribution in [-0.2, 0) is 7.05 Å². The van der Waals surface area contributed by atoms with Crippen LogP contribution in [0.1, 0.15) is 17.9 Å². The summed E-state index contributed by atoms with van der Waals surface area (Å²) in [6.45, 7) is 0.209. The number of fused-ring (bicyclic) bond motifs is 1. The van der Waals surface area contributed by atoms with Crippen molar-refractivity contribution in [3.8, 4) is 5.82 Å². The number of aromatic amines is 1. The number of nitrogens with one attached hydrogen (secondary N) is 2. The molecule has 0 amide bonds. The molecule has 1 aliphatic heterocycles. The third kappa shape index (κ3) is 2.64. The summed E-state index contributed by atoms with van der Waals surface area (Å²) in [5.41, 5.74) is 0.0886. The number of alkyl halides is 2. The number of H-pyrrole nitrogens is 1. The number of aryl methyl sites for hydroxylation is 1. The Morgan fingerprint density at radius 1 is 1.27 bits per heavy atom. The van der Waals surface area contributed by atoms with E-state index in [0.717, 1.165) is 0 Å². The average Bonchev–Trinajstić information content (AvgIpc) is 2.91. The number of halogens is 2. The topological polar surface area (TPSA) is 84.7 Å². The van der Waals surface area contributed by atoms with Crippen molar-refractivity contribution in [3.05, 3.63) is 56.9 Å². The van der Waals surface area contributed by atoms with Gasteiger partial charge in [-0.3, -0.25) is 19.0 Å². The molecule has 7 nitrogen and oxygen atoms in total. The third-order valence-corrected chi connectivity index (χ3v) is 4.79. The molecule has 0 spiro atoms. The largest absolute Gasteiger partial charge is 0.334 e. The Morgan fingerprint density at radius 3 is 2.81 bits per heavy atom. The SMILES string of the molecule is Cn1nc(-n2ccc(=O)[nH]c2=O)c2ccc(C3CCNCC3(F)F)cc21. The van der Waals surface area contributed by atoms with Gasteiger partial charge in [-0.1, -0.05) is 6.07 Å². The first-order valence-corrected chi connectivity index (χ1v) is 8.24. The monoisotopic (exact) mass is 361 g/mol. The maximum absolute atomic E-state index is 14.3. The van der Waals surface area contributed by atoms with E-state index in [1.807, 2.05) is 0 Å². The lowest BCUT2D eigenvalue weighted by atomic mass is 9.86. The molecule has 1 fully saturated rings. The van der Waals surface area contributed by atoms with Gasteiger partial charge in [-0.05, 0) is 30.7 Å². The zero-order chi connectivity index (χ0) is 18.5. The van der Waals surface area contributed by atoms with Crippen LogP contribution in [0.3, 0.4) is 0 Å². The molecule has 0 saturated carbocycles. The van der Waals surface area contributed by atoms with Gasteiger partial charge in [0.25, 0.3) is 11.5 Å². The maximum Gasteiger partial charge on any atom is 0.334 e. The quantitative estimate of drug-likeness (QED) is 0.717. The van der Waals surface area contributed by atoms with Crippen molar-refractivity contribution in [1.82, 2.24) is 24.6 Å². The molecular formula is C17H17F2N5O2. The molecule has 1 atom stereocenters. The van der Waals surface area contributed by atoms with Gasteiger partial charge < -0.3 is 5.32 Å². The van der Waals surface area contributed by atoms with Crippen molar-refractivity contribution in [2.75, 3.05) is 13.1 Å². The summed E-state index contributed by atoms with van der Waals surface area (Å²) < 4.78 is 31.3. The van der Waals surface area contributed by atoms with Crippen LogP contribution >= 0.6 is 0 Å². The molecule has 26 heavy (non-hydrogen) atoms. The Labute approximate surface area is 146 Å². The van der Waals surface area contributed by atoms with Gasteiger partial charge >= 0.3 is 5.69 Å². The van der Waals surface area contributed by atoms with E-state index in [-0.39, 0.29) is 6.54 Å². The van der Waals surface area contributed by atoms with Crippen molar-refractivity contribution < 1.29 is 8.78 Å². The van der Waals surface area contributed by atoms with E-state index in [9.17, 15) is 18.4 Å². The molecule has 136 valence electrons. The predicted octanol–water partition coefficient (Wildman–Crippen LogP) is 1.12. The second-order valence-corrected chi connectivity index (χ2v) is 6.48. The Balaban J connectivity index is 1.85. The first-order chi connectivity index (χ1) is 12.4. The first-order valence-electron chi connectivity index (χ1n) is 8.24. The maximum atomic E-state index is 14.3. The minimum Gasteiger partial charge on any atom is -0.311 e. The van der Waals surface area contributed by atoms with Gasteiger partial charge in [0.15, 0.2) is 5.82 Å². The highest BCUT2D eigenvalue weighted by atomic mass is 19.3. The zero-order valence-electron chi connectivity index (χ0n) is 14.0. The Bertz CT molecular complexity index is 1100.